The zero-order valence-corrected chi connectivity index (χ0v) is 15.2. The van der Waals surface area contributed by atoms with Crippen molar-refractivity contribution in [3.05, 3.63) is 58.1 Å². The number of hydrogen-bond acceptors (Lipinski definition) is 7. The Morgan fingerprint density at radius 2 is 2.15 bits per heavy atom. The summed E-state index contributed by atoms with van der Waals surface area (Å²) in [7, 11) is 0. The van der Waals surface area contributed by atoms with E-state index in [0.29, 0.717) is 10.8 Å². The number of aromatic nitrogens is 4. The SMILES string of the molecule is O=C(Cn1cc(-c2ccccc2)ncc1=O)Nc1nnc([C@H]2CCCO2)s1. The fraction of sp³-hybridized carbons (Fsp3) is 0.278. The summed E-state index contributed by atoms with van der Waals surface area (Å²) >= 11 is 1.29. The summed E-state index contributed by atoms with van der Waals surface area (Å²) in [4.78, 5) is 28.5. The maximum Gasteiger partial charge on any atom is 0.269 e. The number of amides is 1. The number of nitrogens with one attached hydrogen (secondary N) is 1. The highest BCUT2D eigenvalue weighted by atomic mass is 32.1. The lowest BCUT2D eigenvalue weighted by Crippen LogP contribution is -2.27. The first-order valence-corrected chi connectivity index (χ1v) is 9.37. The molecule has 27 heavy (non-hydrogen) atoms. The molecule has 1 aliphatic rings. The van der Waals surface area contributed by atoms with Gasteiger partial charge in [0, 0.05) is 18.4 Å². The van der Waals surface area contributed by atoms with Crippen LogP contribution in [-0.4, -0.2) is 32.3 Å². The number of carbonyl (C=O) groups excluding carboxylic acids is 1. The van der Waals surface area contributed by atoms with Crippen LogP contribution < -0.4 is 10.9 Å². The zero-order chi connectivity index (χ0) is 18.6. The maximum atomic E-state index is 12.3. The summed E-state index contributed by atoms with van der Waals surface area (Å²) in [5.74, 6) is -0.350. The summed E-state index contributed by atoms with van der Waals surface area (Å²) in [6, 6.07) is 9.47. The topological polar surface area (TPSA) is 99.0 Å². The first-order valence-electron chi connectivity index (χ1n) is 8.56. The van der Waals surface area contributed by atoms with Crippen LogP contribution in [-0.2, 0) is 16.1 Å². The lowest BCUT2D eigenvalue weighted by atomic mass is 10.2. The van der Waals surface area contributed by atoms with Gasteiger partial charge in [0.05, 0.1) is 11.9 Å². The zero-order valence-electron chi connectivity index (χ0n) is 14.4. The van der Waals surface area contributed by atoms with Gasteiger partial charge >= 0.3 is 0 Å². The van der Waals surface area contributed by atoms with Crippen molar-refractivity contribution in [3.8, 4) is 11.3 Å². The second-order valence-corrected chi connectivity index (χ2v) is 7.11. The van der Waals surface area contributed by atoms with E-state index in [2.05, 4.69) is 20.5 Å². The van der Waals surface area contributed by atoms with Gasteiger partial charge in [0.25, 0.3) is 5.56 Å². The molecule has 4 rings (SSSR count). The van der Waals surface area contributed by atoms with E-state index < -0.39 is 0 Å². The van der Waals surface area contributed by atoms with Crippen molar-refractivity contribution in [2.75, 3.05) is 11.9 Å². The molecule has 8 nitrogen and oxygen atoms in total. The third-order valence-corrected chi connectivity index (χ3v) is 5.08. The van der Waals surface area contributed by atoms with Crippen molar-refractivity contribution in [1.82, 2.24) is 19.7 Å². The number of carbonyl (C=O) groups is 1. The molecule has 0 saturated carbocycles. The van der Waals surface area contributed by atoms with Crippen molar-refractivity contribution >= 4 is 22.4 Å². The fourth-order valence-electron chi connectivity index (χ4n) is 2.83. The standard InChI is InChI=1S/C18H17N5O3S/c24-15(20-18-22-21-17(27-18)14-7-4-8-26-14)11-23-10-13(19-9-16(23)25)12-5-2-1-3-6-12/h1-3,5-6,9-10,14H,4,7-8,11H2,(H,20,22,24)/t14-/m1/s1. The van der Waals surface area contributed by atoms with Gasteiger partial charge in [0.2, 0.25) is 11.0 Å². The molecule has 2 aromatic heterocycles. The molecule has 1 saturated heterocycles. The minimum atomic E-state index is -0.350. The molecule has 1 aliphatic heterocycles. The molecule has 1 N–H and O–H groups in total. The Hall–Kier alpha value is -2.91. The highest BCUT2D eigenvalue weighted by molar-refractivity contribution is 7.15. The Kier molecular flexibility index (Phi) is 5.03. The van der Waals surface area contributed by atoms with Gasteiger partial charge in [-0.1, -0.05) is 41.7 Å². The lowest BCUT2D eigenvalue weighted by Gasteiger charge is -2.07. The molecule has 0 bridgehead atoms. The molecular formula is C18H17N5O3S. The van der Waals surface area contributed by atoms with Gasteiger partial charge in [0.15, 0.2) is 0 Å². The van der Waals surface area contributed by atoms with Crippen LogP contribution in [0.4, 0.5) is 5.13 Å². The van der Waals surface area contributed by atoms with E-state index in [1.807, 2.05) is 30.3 Å². The van der Waals surface area contributed by atoms with Gasteiger partial charge in [-0.15, -0.1) is 10.2 Å². The molecule has 3 heterocycles. The van der Waals surface area contributed by atoms with E-state index in [4.69, 9.17) is 4.74 Å². The second-order valence-electron chi connectivity index (χ2n) is 6.10. The lowest BCUT2D eigenvalue weighted by molar-refractivity contribution is -0.116. The number of rotatable bonds is 5. The van der Waals surface area contributed by atoms with Crippen molar-refractivity contribution in [2.24, 2.45) is 0 Å². The Labute approximate surface area is 158 Å². The minimum absolute atomic E-state index is 0.0376. The third kappa shape index (κ3) is 4.09. The molecular weight excluding hydrogens is 366 g/mol. The average Bonchev–Trinajstić information content (AvgIpc) is 3.36. The van der Waals surface area contributed by atoms with Crippen molar-refractivity contribution in [2.45, 2.75) is 25.5 Å². The van der Waals surface area contributed by atoms with E-state index in [9.17, 15) is 9.59 Å². The Balaban J connectivity index is 1.46. The summed E-state index contributed by atoms with van der Waals surface area (Å²) in [5, 5.41) is 11.9. The Morgan fingerprint density at radius 1 is 1.30 bits per heavy atom. The molecule has 138 valence electrons. The van der Waals surface area contributed by atoms with Gasteiger partial charge in [-0.2, -0.15) is 0 Å². The van der Waals surface area contributed by atoms with E-state index in [1.165, 1.54) is 22.1 Å². The van der Waals surface area contributed by atoms with Gasteiger partial charge in [0.1, 0.15) is 17.7 Å². The molecule has 1 fully saturated rings. The largest absolute Gasteiger partial charge is 0.371 e. The molecule has 3 aromatic rings. The first-order chi connectivity index (χ1) is 13.2. The first kappa shape index (κ1) is 17.5. The number of ether oxygens (including phenoxy) is 1. The Morgan fingerprint density at radius 3 is 2.93 bits per heavy atom. The number of anilines is 1. The van der Waals surface area contributed by atoms with Crippen LogP contribution in [0.25, 0.3) is 11.3 Å². The van der Waals surface area contributed by atoms with Crippen LogP contribution in [0.1, 0.15) is 24.0 Å². The molecule has 9 heteroatoms. The molecule has 1 aromatic carbocycles. The maximum absolute atomic E-state index is 12.3. The van der Waals surface area contributed by atoms with Crippen LogP contribution in [0.15, 0.2) is 47.5 Å². The van der Waals surface area contributed by atoms with Crippen LogP contribution in [0, 0.1) is 0 Å². The average molecular weight is 383 g/mol. The molecule has 0 aliphatic carbocycles. The van der Waals surface area contributed by atoms with Gasteiger partial charge < -0.3 is 9.30 Å². The fourth-order valence-corrected chi connectivity index (χ4v) is 3.67. The molecule has 0 radical (unpaired) electrons. The van der Waals surface area contributed by atoms with Crippen molar-refractivity contribution in [1.29, 1.82) is 0 Å². The monoisotopic (exact) mass is 383 g/mol. The van der Waals surface area contributed by atoms with E-state index in [-0.39, 0.29) is 24.1 Å². The second kappa shape index (κ2) is 7.77. The van der Waals surface area contributed by atoms with E-state index in [1.54, 1.807) is 6.20 Å². The highest BCUT2D eigenvalue weighted by Crippen LogP contribution is 2.31. The van der Waals surface area contributed by atoms with E-state index in [0.717, 1.165) is 30.0 Å². The summed E-state index contributed by atoms with van der Waals surface area (Å²) in [6.07, 6.45) is 4.67. The Bertz CT molecular complexity index is 995. The van der Waals surface area contributed by atoms with Crippen molar-refractivity contribution < 1.29 is 9.53 Å². The van der Waals surface area contributed by atoms with Crippen LogP contribution in [0.5, 0.6) is 0 Å². The number of nitrogens with zero attached hydrogens (tertiary/aromatic N) is 4. The smallest absolute Gasteiger partial charge is 0.269 e. The normalized spacial score (nSPS) is 16.4. The summed E-state index contributed by atoms with van der Waals surface area (Å²) < 4.78 is 6.89. The minimum Gasteiger partial charge on any atom is -0.371 e. The quantitative estimate of drug-likeness (QED) is 0.725. The van der Waals surface area contributed by atoms with Gasteiger partial charge in [-0.25, -0.2) is 4.98 Å². The summed E-state index contributed by atoms with van der Waals surface area (Å²) in [6.45, 7) is 0.594. The van der Waals surface area contributed by atoms with Crippen molar-refractivity contribution in [3.63, 3.8) is 0 Å². The molecule has 1 atom stereocenters. The van der Waals surface area contributed by atoms with Crippen LogP contribution in [0.2, 0.25) is 0 Å². The van der Waals surface area contributed by atoms with Crippen LogP contribution in [0.3, 0.4) is 0 Å². The molecule has 0 unspecified atom stereocenters. The van der Waals surface area contributed by atoms with Crippen LogP contribution >= 0.6 is 11.3 Å². The molecule has 1 amide bonds. The predicted octanol–water partition coefficient (Wildman–Crippen LogP) is 2.25. The summed E-state index contributed by atoms with van der Waals surface area (Å²) in [5.41, 5.74) is 1.15. The van der Waals surface area contributed by atoms with Gasteiger partial charge in [-0.05, 0) is 12.8 Å². The third-order valence-electron chi connectivity index (χ3n) is 4.15. The predicted molar refractivity (Wildman–Crippen MR) is 100 cm³/mol. The highest BCUT2D eigenvalue weighted by Gasteiger charge is 2.22. The van der Waals surface area contributed by atoms with Gasteiger partial charge in [-0.3, -0.25) is 14.9 Å². The molecule has 0 spiro atoms. The number of benzene rings is 1. The number of hydrogen-bond donors (Lipinski definition) is 1. The van der Waals surface area contributed by atoms with E-state index >= 15 is 0 Å².